The Hall–Kier alpha value is -11.6. The zero-order valence-corrected chi connectivity index (χ0v) is 82.9. The predicted molar refractivity (Wildman–Crippen MR) is 525 cm³/mol. The fourth-order valence-corrected chi connectivity index (χ4v) is 15.1. The van der Waals surface area contributed by atoms with Crippen LogP contribution < -0.4 is 131 Å². The van der Waals surface area contributed by atoms with Crippen LogP contribution in [0.5, 0.6) is 0 Å². The van der Waals surface area contributed by atoms with Crippen molar-refractivity contribution in [2.45, 2.75) is 364 Å². The molecule has 0 unspecified atom stereocenters. The lowest BCUT2D eigenvalue weighted by Gasteiger charge is -2.28. The number of aromatic amines is 2. The molecule has 794 valence electrons. The van der Waals surface area contributed by atoms with Gasteiger partial charge in [0.2, 0.25) is 100 Å². The summed E-state index contributed by atoms with van der Waals surface area (Å²) in [6.07, 6.45) is 22.2. The molecule has 14 atom stereocenters. The van der Waals surface area contributed by atoms with Gasteiger partial charge in [0.25, 0.3) is 0 Å². The summed E-state index contributed by atoms with van der Waals surface area (Å²) in [6, 6.07) is -20.4. The highest BCUT2D eigenvalue weighted by molar-refractivity contribution is 6.01. The van der Waals surface area contributed by atoms with E-state index in [1.165, 1.54) is 83.3 Å². The number of amides is 17. The fourth-order valence-electron chi connectivity index (χ4n) is 15.1. The number of H-pyrrole nitrogens is 2. The van der Waals surface area contributed by atoms with Gasteiger partial charge in [0.1, 0.15) is 84.6 Å². The van der Waals surface area contributed by atoms with Gasteiger partial charge in [-0.1, -0.05) is 112 Å². The number of aromatic nitrogens is 4. The van der Waals surface area contributed by atoms with Crippen molar-refractivity contribution in [2.75, 3.05) is 59.0 Å². The van der Waals surface area contributed by atoms with E-state index in [2.05, 4.69) is 112 Å². The van der Waals surface area contributed by atoms with Crippen LogP contribution in [0.1, 0.15) is 278 Å². The summed E-state index contributed by atoms with van der Waals surface area (Å²) in [7, 11) is 0. The Kier molecular flexibility index (Phi) is 65.4. The van der Waals surface area contributed by atoms with Crippen LogP contribution in [0.25, 0.3) is 0 Å². The minimum absolute atomic E-state index is 0.0125. The number of guanidine groups is 1. The first-order valence-electron chi connectivity index (χ1n) is 49.7. The minimum atomic E-state index is -1.85. The maximum Gasteiger partial charge on any atom is 0.245 e. The zero-order valence-electron chi connectivity index (χ0n) is 82.9. The van der Waals surface area contributed by atoms with Crippen LogP contribution >= 0.6 is 0 Å². The molecule has 2 aromatic rings. The second-order valence-corrected chi connectivity index (χ2v) is 36.4. The van der Waals surface area contributed by atoms with Crippen LogP contribution in [0.2, 0.25) is 0 Å². The van der Waals surface area contributed by atoms with Gasteiger partial charge in [0, 0.05) is 56.0 Å². The summed E-state index contributed by atoms with van der Waals surface area (Å²) >= 11 is 0. The van der Waals surface area contributed by atoms with E-state index < -0.39 is 218 Å². The second-order valence-electron chi connectivity index (χ2n) is 36.4. The molecule has 0 saturated heterocycles. The number of unbranched alkanes of at least 4 members (excludes halogenated alkanes) is 17. The van der Waals surface area contributed by atoms with Crippen molar-refractivity contribution >= 4 is 106 Å². The maximum absolute atomic E-state index is 14.8. The monoisotopic (exact) mass is 1980 g/mol. The van der Waals surface area contributed by atoms with Gasteiger partial charge >= 0.3 is 0 Å². The van der Waals surface area contributed by atoms with E-state index >= 15 is 0 Å². The van der Waals surface area contributed by atoms with E-state index in [0.717, 1.165) is 25.7 Å². The van der Waals surface area contributed by atoms with Crippen molar-refractivity contribution in [1.29, 1.82) is 5.41 Å². The number of hydrogen-bond acceptors (Lipinski definition) is 27. The second kappa shape index (κ2) is 73.5. The highest BCUT2D eigenvalue weighted by Crippen LogP contribution is 2.18. The number of aliphatic hydroxyl groups excluding tert-OH is 2. The largest absolute Gasteiger partial charge is 0.394 e. The van der Waals surface area contributed by atoms with Crippen molar-refractivity contribution in [3.05, 3.63) is 36.4 Å². The number of hydrogen-bond donors (Lipinski definition) is 29. The van der Waals surface area contributed by atoms with Gasteiger partial charge in [0.15, 0.2) is 5.96 Å². The average molecular weight is 1980 g/mol. The number of imidazole rings is 2. The first-order chi connectivity index (χ1) is 66.9. The molecule has 2 rings (SSSR count). The van der Waals surface area contributed by atoms with E-state index in [1.54, 1.807) is 27.7 Å². The molecule has 48 nitrogen and oxygen atoms in total. The van der Waals surface area contributed by atoms with E-state index in [-0.39, 0.29) is 152 Å². The lowest BCUT2D eigenvalue weighted by molar-refractivity contribution is -0.136. The maximum atomic E-state index is 14.8. The molecule has 37 N–H and O–H groups in total. The Morgan fingerprint density at radius 1 is 0.321 bits per heavy atom. The molecule has 0 saturated carbocycles. The summed E-state index contributed by atoms with van der Waals surface area (Å²) in [5, 5.41) is 70.3. The third-order valence-electron chi connectivity index (χ3n) is 23.1. The van der Waals surface area contributed by atoms with E-state index in [4.69, 9.17) is 51.3 Å². The molecule has 0 aliphatic rings. The topological polar surface area (TPSA) is 812 Å². The van der Waals surface area contributed by atoms with Gasteiger partial charge in [-0.15, -0.1) is 0 Å². The molecule has 0 fully saturated rings. The van der Waals surface area contributed by atoms with Crippen LogP contribution in [0.3, 0.4) is 0 Å². The molecule has 0 aliphatic heterocycles. The van der Waals surface area contributed by atoms with Crippen molar-refractivity contribution < 1.29 is 91.7 Å². The van der Waals surface area contributed by atoms with Gasteiger partial charge < -0.3 is 151 Å². The molecule has 0 radical (unpaired) electrons. The van der Waals surface area contributed by atoms with Crippen LogP contribution in [0.15, 0.2) is 25.0 Å². The highest BCUT2D eigenvalue weighted by atomic mass is 16.3. The molecule has 2 heterocycles. The zero-order chi connectivity index (χ0) is 104. The van der Waals surface area contributed by atoms with Gasteiger partial charge in [-0.05, 0) is 186 Å². The highest BCUT2D eigenvalue weighted by Gasteiger charge is 2.39. The number of nitrogens with zero attached hydrogens (tertiary/aromatic N) is 2. The van der Waals surface area contributed by atoms with Crippen molar-refractivity contribution in [2.24, 2.45) is 57.7 Å². The first-order valence-corrected chi connectivity index (χ1v) is 49.7. The fraction of sp³-hybridized carbons (Fsp3) is 0.739. The van der Waals surface area contributed by atoms with Gasteiger partial charge in [-0.3, -0.25) is 86.9 Å². The van der Waals surface area contributed by atoms with Crippen LogP contribution in [-0.2, 0) is 94.3 Å². The number of primary amides is 2. The van der Waals surface area contributed by atoms with Gasteiger partial charge in [-0.25, -0.2) is 9.97 Å². The Morgan fingerprint density at radius 2 is 0.621 bits per heavy atom. The molecule has 48 heteroatoms. The summed E-state index contributed by atoms with van der Waals surface area (Å²) in [5.74, 6) is -16.0. The normalized spacial score (nSPS) is 14.2. The van der Waals surface area contributed by atoms with Gasteiger partial charge in [-0.2, -0.15) is 0 Å². The number of carbonyl (C=O) groups excluding carboxylic acids is 17. The molecular weight excluding hydrogens is 1820 g/mol. The number of nitrogens with two attached hydrogens (primary N) is 8. The number of aliphatic hydroxyl groups is 2. The SMILES string of the molecule is CCCCCCCCCCCCCCCC(=O)N[C@@H](CCCCN)C(=O)N[C@@H](CC(C)C)C(=O)N[C@@H](CO)C(=O)N[C@@H](Cc1cnc[nH]1)C(=O)N[C@@H](CO)C(=O)N[C@@H](CCCCN)C(=O)NCC(=O)N[C@@H](Cc1cnc[nH]1)C(=O)N[C@@H](CCC(N)=O)C(=O)N[C@@H](CCCCN)C(=O)N[C@@H](CCCNC(=N)N)C(=O)N[C@@H](CCCCN)C(=O)N[C@@H](C)C(=O)N[C@@H](CC(C)C)C(=O)N[C@@H](CCCCN)C(N)=O. The standard InChI is InChI=1S/C92H167N29O19/c1-7-8-9-10-11-12-13-14-15-16-17-18-19-37-76(125)109-64(33-22-27-42-95)82(131)118-70(47-58(4)5)87(136)120-74(54-123)91(140)119-72(49-61-51-103-56-107-61)89(138)121-73(53-122)90(139)112-63(32-21-26-41-94)80(129)105-52-77(126)110-71(48-60-50-102-55-106-60)88(137)116-68(38-39-75(98)124)85(134)114-66(35-24-29-44-97)83(132)115-67(36-30-45-104-92(100)101)84(133)113-65(34-23-28-43-96)81(130)108-59(6)79(128)117-69(46-57(2)3)86(135)111-62(78(99)127)31-20-25-40-93/h50-51,55-59,62-74,122-123H,7-49,52-54,93-97H2,1-6H3,(H2,98,124)(H2,99,127)(H,102,106)(H,103,107)(H,105,129)(H,108,130)(H,109,125)(H,110,126)(H,111,135)(H,112,139)(H,113,133)(H,114,134)(H,115,132)(H,116,137)(H,117,128)(H,118,131)(H,119,140)(H,120,136)(H,121,138)(H4,100,101,104)/t59-,62-,63-,64-,65-,66-,67-,68-,69-,70-,71-,72-,73-,74-/m0/s1. The molecule has 0 spiro atoms. The molecule has 17 amide bonds. The van der Waals surface area contributed by atoms with Gasteiger partial charge in [0.05, 0.1) is 32.4 Å². The quantitative estimate of drug-likeness (QED) is 0.0171. The lowest BCUT2D eigenvalue weighted by Crippen LogP contribution is -2.61. The van der Waals surface area contributed by atoms with Crippen molar-refractivity contribution in [3.63, 3.8) is 0 Å². The Labute approximate surface area is 821 Å². The minimum Gasteiger partial charge on any atom is -0.394 e. The Bertz CT molecular complexity index is 4040. The molecule has 140 heavy (non-hydrogen) atoms. The Balaban J connectivity index is 2.43. The summed E-state index contributed by atoms with van der Waals surface area (Å²) in [5.41, 5.74) is 46.2. The summed E-state index contributed by atoms with van der Waals surface area (Å²) in [6.45, 7) is 8.89. The molecule has 0 bridgehead atoms. The van der Waals surface area contributed by atoms with Crippen molar-refractivity contribution in [1.82, 2.24) is 105 Å². The number of carbonyl (C=O) groups is 17. The van der Waals surface area contributed by atoms with E-state index in [1.807, 2.05) is 0 Å². The molecule has 0 aromatic carbocycles. The smallest absolute Gasteiger partial charge is 0.245 e. The Morgan fingerprint density at radius 3 is 0.986 bits per heavy atom. The molecule has 0 aliphatic carbocycles. The number of rotatable bonds is 81. The average Bonchev–Trinajstić information content (AvgIpc) is 1.26. The summed E-state index contributed by atoms with van der Waals surface area (Å²) in [4.78, 5) is 252. The predicted octanol–water partition coefficient (Wildman–Crippen LogP) is -3.94. The van der Waals surface area contributed by atoms with Crippen molar-refractivity contribution in [3.8, 4) is 0 Å². The third-order valence-corrected chi connectivity index (χ3v) is 23.1. The summed E-state index contributed by atoms with van der Waals surface area (Å²) < 4.78 is 0. The van der Waals surface area contributed by atoms with Crippen LogP contribution in [-0.4, -0.2) is 280 Å². The molecular formula is C92H167N29O19. The van der Waals surface area contributed by atoms with Crippen LogP contribution in [0.4, 0.5) is 0 Å². The number of nitrogens with one attached hydrogen (secondary N) is 19. The van der Waals surface area contributed by atoms with Crippen LogP contribution in [0, 0.1) is 17.2 Å². The lowest BCUT2D eigenvalue weighted by atomic mass is 10.0. The molecule has 2 aromatic heterocycles. The first kappa shape index (κ1) is 124. The van der Waals surface area contributed by atoms with E-state index in [0.29, 0.717) is 64.5 Å². The van der Waals surface area contributed by atoms with E-state index in [9.17, 15) is 91.7 Å². The third kappa shape index (κ3) is 54.3.